The van der Waals surface area contributed by atoms with Crippen LogP contribution in [0.5, 0.6) is 0 Å². The number of likely N-dealkylation sites (tertiary alicyclic amines) is 1. The summed E-state index contributed by atoms with van der Waals surface area (Å²) in [5.41, 5.74) is 1.05. The first-order chi connectivity index (χ1) is 15.0. The summed E-state index contributed by atoms with van der Waals surface area (Å²) in [7, 11) is 2.04. The van der Waals surface area contributed by atoms with Crippen molar-refractivity contribution in [2.75, 3.05) is 32.0 Å². The second-order valence-corrected chi connectivity index (χ2v) is 8.79. The third-order valence-corrected chi connectivity index (χ3v) is 6.25. The Balaban J connectivity index is 1.54. The van der Waals surface area contributed by atoms with E-state index < -0.39 is 5.60 Å². The molecule has 0 unspecified atom stereocenters. The number of hydrogen-bond donors (Lipinski definition) is 2. The number of oxazole rings is 1. The summed E-state index contributed by atoms with van der Waals surface area (Å²) in [6, 6.07) is 10.0. The molecule has 3 heterocycles. The summed E-state index contributed by atoms with van der Waals surface area (Å²) < 4.78 is 19.7. The second-order valence-electron chi connectivity index (χ2n) is 8.79. The summed E-state index contributed by atoms with van der Waals surface area (Å²) in [6.45, 7) is 2.45. The molecule has 1 aromatic carbocycles. The number of benzene rings is 1. The molecule has 2 aromatic heterocycles. The van der Waals surface area contributed by atoms with Crippen molar-refractivity contribution in [1.82, 2.24) is 14.9 Å². The SMILES string of the molecule is CN1CCC(O)(c2nc(-c3ccc(F)cc3)c(-c3ccnc(NCC4CC4)c3)o2)CC1. The number of anilines is 1. The highest BCUT2D eigenvalue weighted by Crippen LogP contribution is 2.40. The van der Waals surface area contributed by atoms with Crippen molar-refractivity contribution in [3.8, 4) is 22.6 Å². The Morgan fingerprint density at radius 3 is 2.61 bits per heavy atom. The van der Waals surface area contributed by atoms with Gasteiger partial charge in [-0.15, -0.1) is 0 Å². The molecule has 0 radical (unpaired) electrons. The van der Waals surface area contributed by atoms with Crippen LogP contribution in [-0.4, -0.2) is 46.7 Å². The van der Waals surface area contributed by atoms with E-state index in [1.54, 1.807) is 18.3 Å². The highest BCUT2D eigenvalue weighted by Gasteiger charge is 2.39. The van der Waals surface area contributed by atoms with Crippen LogP contribution in [0.15, 0.2) is 47.0 Å². The van der Waals surface area contributed by atoms with Gasteiger partial charge in [-0.25, -0.2) is 14.4 Å². The van der Waals surface area contributed by atoms with E-state index in [2.05, 4.69) is 15.2 Å². The molecule has 0 amide bonds. The summed E-state index contributed by atoms with van der Waals surface area (Å²) in [6.07, 6.45) is 5.38. The quantitative estimate of drug-likeness (QED) is 0.618. The molecule has 7 heteroatoms. The van der Waals surface area contributed by atoms with Gasteiger partial charge in [0.25, 0.3) is 0 Å². The zero-order valence-corrected chi connectivity index (χ0v) is 17.6. The van der Waals surface area contributed by atoms with Gasteiger partial charge in [0, 0.05) is 37.0 Å². The first kappa shape index (κ1) is 20.2. The van der Waals surface area contributed by atoms with Crippen LogP contribution in [0, 0.1) is 11.7 Å². The van der Waals surface area contributed by atoms with E-state index in [0.717, 1.165) is 42.5 Å². The lowest BCUT2D eigenvalue weighted by Gasteiger charge is -2.34. The Morgan fingerprint density at radius 1 is 1.16 bits per heavy atom. The van der Waals surface area contributed by atoms with Crippen molar-refractivity contribution < 1.29 is 13.9 Å². The van der Waals surface area contributed by atoms with E-state index in [9.17, 15) is 9.50 Å². The van der Waals surface area contributed by atoms with Gasteiger partial charge in [0.15, 0.2) is 5.76 Å². The van der Waals surface area contributed by atoms with Crippen LogP contribution in [0.3, 0.4) is 0 Å². The van der Waals surface area contributed by atoms with Gasteiger partial charge in [-0.1, -0.05) is 0 Å². The lowest BCUT2D eigenvalue weighted by molar-refractivity contribution is -0.0410. The van der Waals surface area contributed by atoms with E-state index in [-0.39, 0.29) is 5.82 Å². The topological polar surface area (TPSA) is 74.4 Å². The Bertz CT molecular complexity index is 1050. The molecule has 1 saturated carbocycles. The molecule has 2 aliphatic rings. The molecule has 0 atom stereocenters. The first-order valence-electron chi connectivity index (χ1n) is 10.9. The number of nitrogens with one attached hydrogen (secondary N) is 1. The largest absolute Gasteiger partial charge is 0.437 e. The molecular weight excluding hydrogens is 395 g/mol. The van der Waals surface area contributed by atoms with E-state index >= 15 is 0 Å². The average molecular weight is 423 g/mol. The molecule has 162 valence electrons. The Hall–Kier alpha value is -2.77. The average Bonchev–Trinajstić information content (AvgIpc) is 3.51. The van der Waals surface area contributed by atoms with Gasteiger partial charge >= 0.3 is 0 Å². The van der Waals surface area contributed by atoms with Crippen LogP contribution in [-0.2, 0) is 5.60 Å². The van der Waals surface area contributed by atoms with Gasteiger partial charge in [0.1, 0.15) is 22.9 Å². The van der Waals surface area contributed by atoms with Gasteiger partial charge < -0.3 is 19.7 Å². The molecule has 0 bridgehead atoms. The molecule has 31 heavy (non-hydrogen) atoms. The lowest BCUT2D eigenvalue weighted by atomic mass is 9.91. The fraction of sp³-hybridized carbons (Fsp3) is 0.417. The van der Waals surface area contributed by atoms with E-state index in [1.807, 2.05) is 19.2 Å². The number of pyridine rings is 1. The van der Waals surface area contributed by atoms with Crippen LogP contribution in [0.1, 0.15) is 31.6 Å². The molecule has 3 aromatic rings. The molecule has 6 nitrogen and oxygen atoms in total. The number of halogens is 1. The van der Waals surface area contributed by atoms with Crippen LogP contribution in [0.2, 0.25) is 0 Å². The predicted octanol–water partition coefficient (Wildman–Crippen LogP) is 4.28. The molecule has 5 rings (SSSR count). The van der Waals surface area contributed by atoms with Crippen molar-refractivity contribution in [3.63, 3.8) is 0 Å². The minimum atomic E-state index is -1.11. The maximum absolute atomic E-state index is 13.5. The number of aromatic nitrogens is 2. The summed E-state index contributed by atoms with van der Waals surface area (Å²) >= 11 is 0. The monoisotopic (exact) mass is 422 g/mol. The van der Waals surface area contributed by atoms with E-state index in [0.29, 0.717) is 30.2 Å². The van der Waals surface area contributed by atoms with Crippen LogP contribution in [0.4, 0.5) is 10.2 Å². The third kappa shape index (κ3) is 4.34. The molecule has 1 aliphatic carbocycles. The Kier molecular flexibility index (Phi) is 5.24. The minimum Gasteiger partial charge on any atom is -0.437 e. The zero-order valence-electron chi connectivity index (χ0n) is 17.6. The third-order valence-electron chi connectivity index (χ3n) is 6.25. The van der Waals surface area contributed by atoms with Gasteiger partial charge in [-0.2, -0.15) is 0 Å². The molecule has 2 fully saturated rings. The second kappa shape index (κ2) is 8.05. The smallest absolute Gasteiger partial charge is 0.227 e. The van der Waals surface area contributed by atoms with Crippen molar-refractivity contribution in [2.45, 2.75) is 31.3 Å². The van der Waals surface area contributed by atoms with Gasteiger partial charge in [-0.05, 0) is 75.0 Å². The number of nitrogens with zero attached hydrogens (tertiary/aromatic N) is 3. The Morgan fingerprint density at radius 2 is 1.90 bits per heavy atom. The van der Waals surface area contributed by atoms with Crippen molar-refractivity contribution in [3.05, 3.63) is 54.3 Å². The number of rotatable bonds is 6. The highest BCUT2D eigenvalue weighted by atomic mass is 19.1. The fourth-order valence-corrected chi connectivity index (χ4v) is 3.96. The summed E-state index contributed by atoms with van der Waals surface area (Å²) in [4.78, 5) is 11.3. The normalized spacial score (nSPS) is 18.8. The maximum Gasteiger partial charge on any atom is 0.227 e. The maximum atomic E-state index is 13.5. The van der Waals surface area contributed by atoms with Gasteiger partial charge in [0.2, 0.25) is 5.89 Å². The molecule has 0 spiro atoms. The van der Waals surface area contributed by atoms with Gasteiger partial charge in [-0.3, -0.25) is 0 Å². The molecular formula is C24H27FN4O2. The first-order valence-corrected chi connectivity index (χ1v) is 10.9. The zero-order chi connectivity index (χ0) is 21.4. The predicted molar refractivity (Wildman–Crippen MR) is 117 cm³/mol. The number of piperidine rings is 1. The Labute approximate surface area is 181 Å². The molecule has 2 N–H and O–H groups in total. The van der Waals surface area contributed by atoms with E-state index in [4.69, 9.17) is 9.40 Å². The van der Waals surface area contributed by atoms with Crippen LogP contribution >= 0.6 is 0 Å². The van der Waals surface area contributed by atoms with Crippen molar-refractivity contribution >= 4 is 5.82 Å². The van der Waals surface area contributed by atoms with E-state index in [1.165, 1.54) is 25.0 Å². The standard InChI is InChI=1S/C24H27FN4O2/c1-29-12-9-24(30,10-13-29)23-28-21(17-4-6-19(25)7-5-17)22(31-23)18-8-11-26-20(14-18)27-15-16-2-3-16/h4-8,11,14,16,30H,2-3,9-10,12-13,15H2,1H3,(H,26,27). The fourth-order valence-electron chi connectivity index (χ4n) is 3.96. The lowest BCUT2D eigenvalue weighted by Crippen LogP contribution is -2.40. The highest BCUT2D eigenvalue weighted by molar-refractivity contribution is 5.78. The molecule has 1 aliphatic heterocycles. The molecule has 1 saturated heterocycles. The van der Waals surface area contributed by atoms with Crippen LogP contribution in [0.25, 0.3) is 22.6 Å². The summed E-state index contributed by atoms with van der Waals surface area (Å²) in [5.74, 6) is 2.09. The minimum absolute atomic E-state index is 0.307. The van der Waals surface area contributed by atoms with Crippen molar-refractivity contribution in [2.24, 2.45) is 5.92 Å². The van der Waals surface area contributed by atoms with Crippen molar-refractivity contribution in [1.29, 1.82) is 0 Å². The van der Waals surface area contributed by atoms with Gasteiger partial charge in [0.05, 0.1) is 0 Å². The summed E-state index contributed by atoms with van der Waals surface area (Å²) in [5, 5.41) is 14.7. The number of aliphatic hydroxyl groups is 1. The van der Waals surface area contributed by atoms with Crippen LogP contribution < -0.4 is 5.32 Å². The number of hydrogen-bond acceptors (Lipinski definition) is 6.